The molecule has 1 rings (SSSR count). The number of benzene rings is 1. The Kier molecular flexibility index (Phi) is 2.77. The molecule has 0 unspecified atom stereocenters. The van der Waals surface area contributed by atoms with Gasteiger partial charge >= 0.3 is 5.97 Å². The summed E-state index contributed by atoms with van der Waals surface area (Å²) < 4.78 is 5.26. The van der Waals surface area contributed by atoms with Gasteiger partial charge in [-0.2, -0.15) is 0 Å². The fraction of sp³-hybridized carbons (Fsp3) is 0.125. The predicted molar refractivity (Wildman–Crippen MR) is 52.1 cm³/mol. The van der Waals surface area contributed by atoms with E-state index in [0.717, 1.165) is 0 Å². The first kappa shape index (κ1) is 9.85. The SMILES string of the molecule is COc1ccc(C(=O)O)c(Br)c1N. The maximum absolute atomic E-state index is 10.6. The lowest BCUT2D eigenvalue weighted by molar-refractivity contribution is 0.0696. The van der Waals surface area contributed by atoms with Crippen molar-refractivity contribution in [2.75, 3.05) is 12.8 Å². The quantitative estimate of drug-likeness (QED) is 0.779. The highest BCUT2D eigenvalue weighted by Gasteiger charge is 2.13. The molecule has 0 heterocycles. The van der Waals surface area contributed by atoms with Crippen LogP contribution in [0.4, 0.5) is 5.69 Å². The Bertz CT molecular complexity index is 351. The van der Waals surface area contributed by atoms with Crippen molar-refractivity contribution >= 4 is 27.6 Å². The van der Waals surface area contributed by atoms with Crippen LogP contribution in [0.1, 0.15) is 10.4 Å². The fourth-order valence-electron chi connectivity index (χ4n) is 0.918. The summed E-state index contributed by atoms with van der Waals surface area (Å²) in [7, 11) is 1.47. The zero-order valence-corrected chi connectivity index (χ0v) is 8.46. The molecule has 0 aliphatic heterocycles. The summed E-state index contributed by atoms with van der Waals surface area (Å²) in [6, 6.07) is 2.95. The van der Waals surface area contributed by atoms with Crippen LogP contribution in [0.5, 0.6) is 5.75 Å². The molecule has 0 spiro atoms. The second-order valence-corrected chi connectivity index (χ2v) is 3.14. The van der Waals surface area contributed by atoms with E-state index in [4.69, 9.17) is 15.6 Å². The Balaban J connectivity index is 3.31. The molecule has 1 aromatic rings. The summed E-state index contributed by atoms with van der Waals surface area (Å²) in [5.41, 5.74) is 6.01. The number of nitrogens with two attached hydrogens (primary N) is 1. The molecule has 4 nitrogen and oxygen atoms in total. The summed E-state index contributed by atoms with van der Waals surface area (Å²) in [6.07, 6.45) is 0. The van der Waals surface area contributed by atoms with Crippen molar-refractivity contribution in [3.63, 3.8) is 0 Å². The molecule has 70 valence electrons. The minimum absolute atomic E-state index is 0.123. The number of rotatable bonds is 2. The molecular weight excluding hydrogens is 238 g/mol. The summed E-state index contributed by atoms with van der Waals surface area (Å²) in [6.45, 7) is 0. The van der Waals surface area contributed by atoms with Gasteiger partial charge in [0, 0.05) is 0 Å². The Morgan fingerprint density at radius 2 is 2.23 bits per heavy atom. The molecule has 0 aliphatic rings. The van der Waals surface area contributed by atoms with Crippen molar-refractivity contribution in [1.82, 2.24) is 0 Å². The van der Waals surface area contributed by atoms with Gasteiger partial charge in [0.15, 0.2) is 0 Å². The van der Waals surface area contributed by atoms with Gasteiger partial charge in [-0.25, -0.2) is 4.79 Å². The first-order valence-corrected chi connectivity index (χ1v) is 4.22. The van der Waals surface area contributed by atoms with E-state index in [1.165, 1.54) is 19.2 Å². The normalized spacial score (nSPS) is 9.69. The minimum atomic E-state index is -1.03. The maximum atomic E-state index is 10.6. The number of aromatic carboxylic acids is 1. The van der Waals surface area contributed by atoms with E-state index in [-0.39, 0.29) is 5.56 Å². The van der Waals surface area contributed by atoms with Crippen molar-refractivity contribution in [2.45, 2.75) is 0 Å². The molecular formula is C8H8BrNO3. The summed E-state index contributed by atoms with van der Waals surface area (Å²) >= 11 is 3.09. The van der Waals surface area contributed by atoms with E-state index in [2.05, 4.69) is 15.9 Å². The van der Waals surface area contributed by atoms with Gasteiger partial charge < -0.3 is 15.6 Å². The standard InChI is InChI=1S/C8H8BrNO3/c1-13-5-3-2-4(8(11)12)6(9)7(5)10/h2-3H,10H2,1H3,(H,11,12). The number of hydrogen-bond acceptors (Lipinski definition) is 3. The van der Waals surface area contributed by atoms with Gasteiger partial charge in [0.25, 0.3) is 0 Å². The van der Waals surface area contributed by atoms with Gasteiger partial charge in [-0.15, -0.1) is 0 Å². The highest BCUT2D eigenvalue weighted by Crippen LogP contribution is 2.32. The van der Waals surface area contributed by atoms with Gasteiger partial charge in [0.1, 0.15) is 5.75 Å². The van der Waals surface area contributed by atoms with Gasteiger partial charge in [-0.05, 0) is 28.1 Å². The van der Waals surface area contributed by atoms with Gasteiger partial charge in [-0.3, -0.25) is 0 Å². The topological polar surface area (TPSA) is 72.5 Å². The van der Waals surface area contributed by atoms with Crippen LogP contribution in [0.15, 0.2) is 16.6 Å². The van der Waals surface area contributed by atoms with Crippen molar-refractivity contribution in [3.05, 3.63) is 22.2 Å². The van der Waals surface area contributed by atoms with Crippen LogP contribution in [0.3, 0.4) is 0 Å². The Hall–Kier alpha value is -1.23. The molecule has 0 fully saturated rings. The first-order valence-electron chi connectivity index (χ1n) is 3.43. The van der Waals surface area contributed by atoms with E-state index in [1.54, 1.807) is 0 Å². The molecule has 0 bridgehead atoms. The van der Waals surface area contributed by atoms with Crippen LogP contribution in [0, 0.1) is 0 Å². The van der Waals surface area contributed by atoms with Gasteiger partial charge in [0.2, 0.25) is 0 Å². The van der Waals surface area contributed by atoms with Crippen molar-refractivity contribution in [2.24, 2.45) is 0 Å². The van der Waals surface area contributed by atoms with E-state index < -0.39 is 5.97 Å². The first-order chi connectivity index (χ1) is 6.07. The summed E-state index contributed by atoms with van der Waals surface area (Å²) in [4.78, 5) is 10.6. The molecule has 0 saturated carbocycles. The monoisotopic (exact) mass is 245 g/mol. The highest BCUT2D eigenvalue weighted by atomic mass is 79.9. The molecule has 13 heavy (non-hydrogen) atoms. The number of carbonyl (C=O) groups is 1. The van der Waals surface area contributed by atoms with Crippen molar-refractivity contribution in [3.8, 4) is 5.75 Å². The predicted octanol–water partition coefficient (Wildman–Crippen LogP) is 1.74. The lowest BCUT2D eigenvalue weighted by atomic mass is 10.2. The van der Waals surface area contributed by atoms with E-state index in [9.17, 15) is 4.79 Å². The van der Waals surface area contributed by atoms with Crippen molar-refractivity contribution < 1.29 is 14.6 Å². The molecule has 1 aromatic carbocycles. The Morgan fingerprint density at radius 1 is 1.62 bits per heavy atom. The number of methoxy groups -OCH3 is 1. The number of nitrogen functional groups attached to an aromatic ring is 1. The Labute approximate surface area is 83.4 Å². The molecule has 3 N–H and O–H groups in total. The third-order valence-corrected chi connectivity index (χ3v) is 2.44. The average Bonchev–Trinajstić information content (AvgIpc) is 2.09. The largest absolute Gasteiger partial charge is 0.495 e. The van der Waals surface area contributed by atoms with Crippen molar-refractivity contribution in [1.29, 1.82) is 0 Å². The molecule has 0 saturated heterocycles. The molecule has 0 atom stereocenters. The maximum Gasteiger partial charge on any atom is 0.336 e. The van der Waals surface area contributed by atoms with Crippen LogP contribution in [-0.2, 0) is 0 Å². The third kappa shape index (κ3) is 1.75. The van der Waals surface area contributed by atoms with Gasteiger partial charge in [-0.1, -0.05) is 0 Å². The smallest absolute Gasteiger partial charge is 0.336 e. The number of carboxylic acid groups (broad SMARTS) is 1. The molecule has 0 aromatic heterocycles. The molecule has 0 aliphatic carbocycles. The summed E-state index contributed by atoms with van der Waals surface area (Å²) in [5, 5.41) is 8.73. The van der Waals surface area contributed by atoms with Crippen LogP contribution < -0.4 is 10.5 Å². The van der Waals surface area contributed by atoms with E-state index in [0.29, 0.717) is 15.9 Å². The number of ether oxygens (including phenoxy) is 1. The van der Waals surface area contributed by atoms with Gasteiger partial charge in [0.05, 0.1) is 22.8 Å². The number of hydrogen-bond donors (Lipinski definition) is 2. The second-order valence-electron chi connectivity index (χ2n) is 2.35. The second kappa shape index (κ2) is 3.66. The lowest BCUT2D eigenvalue weighted by Crippen LogP contribution is -2.02. The zero-order chi connectivity index (χ0) is 10.0. The lowest BCUT2D eigenvalue weighted by Gasteiger charge is -2.07. The highest BCUT2D eigenvalue weighted by molar-refractivity contribution is 9.10. The van der Waals surface area contributed by atoms with Crippen LogP contribution in [0.2, 0.25) is 0 Å². The van der Waals surface area contributed by atoms with Crippen LogP contribution in [-0.4, -0.2) is 18.2 Å². The Morgan fingerprint density at radius 3 is 2.69 bits per heavy atom. The number of carboxylic acids is 1. The summed E-state index contributed by atoms with van der Waals surface area (Å²) in [5.74, 6) is -0.571. The average molecular weight is 246 g/mol. The minimum Gasteiger partial charge on any atom is -0.495 e. The van der Waals surface area contributed by atoms with E-state index in [1.807, 2.05) is 0 Å². The number of anilines is 1. The molecule has 0 radical (unpaired) electrons. The van der Waals surface area contributed by atoms with Crippen LogP contribution in [0.25, 0.3) is 0 Å². The van der Waals surface area contributed by atoms with E-state index >= 15 is 0 Å². The third-order valence-electron chi connectivity index (χ3n) is 1.59. The van der Waals surface area contributed by atoms with Crippen LogP contribution >= 0.6 is 15.9 Å². The number of halogens is 1. The fourth-order valence-corrected chi connectivity index (χ4v) is 1.42. The zero-order valence-electron chi connectivity index (χ0n) is 6.87. The molecule has 0 amide bonds. The molecule has 5 heteroatoms.